The van der Waals surface area contributed by atoms with E-state index in [0.717, 1.165) is 6.42 Å². The Balaban J connectivity index is 4.13. The second kappa shape index (κ2) is 6.57. The van der Waals surface area contributed by atoms with E-state index in [1.54, 1.807) is 14.0 Å². The Bertz CT molecular complexity index is 284. The van der Waals surface area contributed by atoms with E-state index in [-0.39, 0.29) is 23.1 Å². The SMILES string of the molecule is CCC(C)(OC)C(N)CCCS(=O)(=O)CC. The maximum absolute atomic E-state index is 11.3. The van der Waals surface area contributed by atoms with Crippen LogP contribution in [0.15, 0.2) is 0 Å². The van der Waals surface area contributed by atoms with Crippen LogP contribution in [-0.2, 0) is 14.6 Å². The largest absolute Gasteiger partial charge is 0.377 e. The summed E-state index contributed by atoms with van der Waals surface area (Å²) in [5, 5.41) is 0. The molecule has 2 unspecified atom stereocenters. The van der Waals surface area contributed by atoms with Crippen LogP contribution in [0.2, 0.25) is 0 Å². The van der Waals surface area contributed by atoms with Gasteiger partial charge in [0.15, 0.2) is 0 Å². The fourth-order valence-electron chi connectivity index (χ4n) is 1.53. The van der Waals surface area contributed by atoms with Crippen molar-refractivity contribution in [3.05, 3.63) is 0 Å². The van der Waals surface area contributed by atoms with Gasteiger partial charge < -0.3 is 10.5 Å². The third-order valence-electron chi connectivity index (χ3n) is 3.36. The molecular formula is C11H25NO3S. The first-order valence-corrected chi connectivity index (χ1v) is 7.64. The first-order valence-electron chi connectivity index (χ1n) is 5.82. The highest BCUT2D eigenvalue weighted by molar-refractivity contribution is 7.91. The Labute approximate surface area is 99.5 Å². The Morgan fingerprint density at radius 3 is 2.31 bits per heavy atom. The summed E-state index contributed by atoms with van der Waals surface area (Å²) in [5.41, 5.74) is 5.67. The van der Waals surface area contributed by atoms with Crippen LogP contribution in [0.3, 0.4) is 0 Å². The summed E-state index contributed by atoms with van der Waals surface area (Å²) in [6.07, 6.45) is 2.11. The van der Waals surface area contributed by atoms with E-state index < -0.39 is 9.84 Å². The third-order valence-corrected chi connectivity index (χ3v) is 5.15. The van der Waals surface area contributed by atoms with Gasteiger partial charge in [-0.15, -0.1) is 0 Å². The van der Waals surface area contributed by atoms with Gasteiger partial charge in [0.05, 0.1) is 11.4 Å². The molecule has 0 aliphatic carbocycles. The summed E-state index contributed by atoms with van der Waals surface area (Å²) in [6.45, 7) is 5.65. The molecule has 0 aliphatic rings. The summed E-state index contributed by atoms with van der Waals surface area (Å²) in [7, 11) is -1.23. The minimum Gasteiger partial charge on any atom is -0.377 e. The molecule has 0 saturated heterocycles. The lowest BCUT2D eigenvalue weighted by atomic mass is 9.91. The normalized spacial score (nSPS) is 18.1. The number of hydrogen-bond acceptors (Lipinski definition) is 4. The summed E-state index contributed by atoms with van der Waals surface area (Å²) in [4.78, 5) is 0. The minimum absolute atomic E-state index is 0.116. The molecule has 0 aromatic carbocycles. The van der Waals surface area contributed by atoms with Crippen molar-refractivity contribution in [3.63, 3.8) is 0 Å². The molecule has 0 fully saturated rings. The van der Waals surface area contributed by atoms with E-state index >= 15 is 0 Å². The molecule has 0 aromatic rings. The first-order chi connectivity index (χ1) is 7.31. The van der Waals surface area contributed by atoms with Gasteiger partial charge in [-0.05, 0) is 26.2 Å². The van der Waals surface area contributed by atoms with Crippen molar-refractivity contribution >= 4 is 9.84 Å². The molecule has 5 heteroatoms. The molecule has 0 heterocycles. The van der Waals surface area contributed by atoms with Crippen LogP contribution in [0.25, 0.3) is 0 Å². The smallest absolute Gasteiger partial charge is 0.150 e. The van der Waals surface area contributed by atoms with Crippen LogP contribution in [-0.4, -0.2) is 38.7 Å². The molecule has 0 bridgehead atoms. The zero-order valence-electron chi connectivity index (χ0n) is 10.8. The Morgan fingerprint density at radius 1 is 1.38 bits per heavy atom. The van der Waals surface area contributed by atoms with Gasteiger partial charge in [0.1, 0.15) is 9.84 Å². The molecule has 4 nitrogen and oxygen atoms in total. The molecule has 0 amide bonds. The van der Waals surface area contributed by atoms with Crippen molar-refractivity contribution in [2.45, 2.75) is 51.7 Å². The Morgan fingerprint density at radius 2 is 1.94 bits per heavy atom. The molecule has 0 spiro atoms. The van der Waals surface area contributed by atoms with Crippen molar-refractivity contribution < 1.29 is 13.2 Å². The lowest BCUT2D eigenvalue weighted by molar-refractivity contribution is -0.0206. The van der Waals surface area contributed by atoms with Crippen molar-refractivity contribution in [3.8, 4) is 0 Å². The highest BCUT2D eigenvalue weighted by Gasteiger charge is 2.29. The van der Waals surface area contributed by atoms with E-state index in [2.05, 4.69) is 0 Å². The molecule has 0 radical (unpaired) electrons. The minimum atomic E-state index is -2.87. The molecule has 2 atom stereocenters. The molecule has 0 rings (SSSR count). The van der Waals surface area contributed by atoms with Gasteiger partial charge in [0.25, 0.3) is 0 Å². The van der Waals surface area contributed by atoms with Gasteiger partial charge >= 0.3 is 0 Å². The molecule has 0 aromatic heterocycles. The number of sulfone groups is 1. The van der Waals surface area contributed by atoms with Crippen LogP contribution in [0, 0.1) is 0 Å². The molecule has 0 saturated carbocycles. The molecule has 2 N–H and O–H groups in total. The van der Waals surface area contributed by atoms with Crippen LogP contribution < -0.4 is 5.73 Å². The lowest BCUT2D eigenvalue weighted by Crippen LogP contribution is -2.46. The Hall–Kier alpha value is -0.130. The lowest BCUT2D eigenvalue weighted by Gasteiger charge is -2.33. The van der Waals surface area contributed by atoms with Gasteiger partial charge in [-0.3, -0.25) is 0 Å². The van der Waals surface area contributed by atoms with Crippen molar-refractivity contribution in [2.24, 2.45) is 5.73 Å². The number of methoxy groups -OCH3 is 1. The second-order valence-corrected chi connectivity index (χ2v) is 6.83. The van der Waals surface area contributed by atoms with Gasteiger partial charge in [-0.25, -0.2) is 8.42 Å². The van der Waals surface area contributed by atoms with Crippen LogP contribution in [0.5, 0.6) is 0 Å². The van der Waals surface area contributed by atoms with Crippen molar-refractivity contribution in [1.29, 1.82) is 0 Å². The molecule has 16 heavy (non-hydrogen) atoms. The topological polar surface area (TPSA) is 69.4 Å². The number of rotatable bonds is 8. The average Bonchev–Trinajstić information content (AvgIpc) is 2.27. The second-order valence-electron chi connectivity index (χ2n) is 4.36. The number of hydrogen-bond donors (Lipinski definition) is 1. The first kappa shape index (κ1) is 15.9. The summed E-state index contributed by atoms with van der Waals surface area (Å²) < 4.78 is 28.0. The third kappa shape index (κ3) is 4.80. The molecular weight excluding hydrogens is 226 g/mol. The maximum atomic E-state index is 11.3. The summed E-state index contributed by atoms with van der Waals surface area (Å²) >= 11 is 0. The highest BCUT2D eigenvalue weighted by Crippen LogP contribution is 2.21. The fraction of sp³-hybridized carbons (Fsp3) is 1.00. The predicted octanol–water partition coefficient (Wildman–Crippen LogP) is 1.34. The quantitative estimate of drug-likeness (QED) is 0.707. The van der Waals surface area contributed by atoms with E-state index in [9.17, 15) is 8.42 Å². The number of nitrogens with two attached hydrogens (primary N) is 1. The van der Waals surface area contributed by atoms with Gasteiger partial charge in [-0.2, -0.15) is 0 Å². The highest BCUT2D eigenvalue weighted by atomic mass is 32.2. The van der Waals surface area contributed by atoms with Gasteiger partial charge in [0.2, 0.25) is 0 Å². The maximum Gasteiger partial charge on any atom is 0.150 e. The van der Waals surface area contributed by atoms with Crippen molar-refractivity contribution in [1.82, 2.24) is 0 Å². The van der Waals surface area contributed by atoms with E-state index in [1.165, 1.54) is 0 Å². The average molecular weight is 251 g/mol. The Kier molecular flexibility index (Phi) is 6.51. The predicted molar refractivity (Wildman–Crippen MR) is 67.2 cm³/mol. The molecule has 98 valence electrons. The summed E-state index contributed by atoms with van der Waals surface area (Å²) in [6, 6.07) is -0.116. The van der Waals surface area contributed by atoms with Gasteiger partial charge in [-0.1, -0.05) is 13.8 Å². The van der Waals surface area contributed by atoms with Gasteiger partial charge in [0, 0.05) is 18.9 Å². The van der Waals surface area contributed by atoms with Crippen molar-refractivity contribution in [2.75, 3.05) is 18.6 Å². The number of ether oxygens (including phenoxy) is 1. The van der Waals surface area contributed by atoms with E-state index in [4.69, 9.17) is 10.5 Å². The van der Waals surface area contributed by atoms with Crippen LogP contribution >= 0.6 is 0 Å². The monoisotopic (exact) mass is 251 g/mol. The van der Waals surface area contributed by atoms with E-state index in [0.29, 0.717) is 12.8 Å². The molecule has 0 aliphatic heterocycles. The zero-order valence-corrected chi connectivity index (χ0v) is 11.6. The standard InChI is InChI=1S/C11H25NO3S/c1-5-11(3,15-4)10(12)8-7-9-16(13,14)6-2/h10H,5-9,12H2,1-4H3. The van der Waals surface area contributed by atoms with Crippen LogP contribution in [0.4, 0.5) is 0 Å². The van der Waals surface area contributed by atoms with E-state index in [1.807, 2.05) is 13.8 Å². The fourth-order valence-corrected chi connectivity index (χ4v) is 2.43. The summed E-state index contributed by atoms with van der Waals surface area (Å²) in [5.74, 6) is 0.429. The zero-order chi connectivity index (χ0) is 12.8. The van der Waals surface area contributed by atoms with Crippen LogP contribution in [0.1, 0.15) is 40.0 Å².